The number of benzene rings is 1. The topological polar surface area (TPSA) is 138 Å². The smallest absolute Gasteiger partial charge is 0.406 e. The van der Waals surface area contributed by atoms with Crippen LogP contribution in [0.2, 0.25) is 0 Å². The van der Waals surface area contributed by atoms with Crippen molar-refractivity contribution in [2.24, 2.45) is 0 Å². The first-order valence-corrected chi connectivity index (χ1v) is 14.3. The third kappa shape index (κ3) is 4.72. The first kappa shape index (κ1) is 25.8. The van der Waals surface area contributed by atoms with Crippen molar-refractivity contribution in [3.8, 4) is 17.1 Å². The highest BCUT2D eigenvalue weighted by Crippen LogP contribution is 2.48. The lowest BCUT2D eigenvalue weighted by Crippen LogP contribution is -2.43. The van der Waals surface area contributed by atoms with Crippen molar-refractivity contribution in [3.63, 3.8) is 0 Å². The second-order valence-electron chi connectivity index (χ2n) is 7.51. The van der Waals surface area contributed by atoms with Crippen molar-refractivity contribution in [1.29, 1.82) is 0 Å². The summed E-state index contributed by atoms with van der Waals surface area (Å²) in [5.41, 5.74) is -1.13. The van der Waals surface area contributed by atoms with Gasteiger partial charge in [-0.05, 0) is 38.1 Å². The van der Waals surface area contributed by atoms with E-state index < -0.39 is 28.9 Å². The molecule has 4 rings (SSSR count). The molecular formula is C23H24N3O8PS. The average Bonchev–Trinajstić information content (AvgIpc) is 2.85. The van der Waals surface area contributed by atoms with Crippen LogP contribution in [0.15, 0.2) is 79.7 Å². The molecule has 0 amide bonds. The Balaban J connectivity index is 1.83. The molecule has 3 aromatic rings. The van der Waals surface area contributed by atoms with E-state index >= 15 is 0 Å². The molecule has 1 aliphatic rings. The molecule has 0 bridgehead atoms. The molecule has 0 atom stereocenters. The van der Waals surface area contributed by atoms with Gasteiger partial charge in [0.05, 0.1) is 30.8 Å². The highest BCUT2D eigenvalue weighted by Gasteiger charge is 2.39. The number of hydrogen-bond acceptors (Lipinski definition) is 9. The van der Waals surface area contributed by atoms with E-state index in [0.29, 0.717) is 4.57 Å². The molecule has 2 aromatic heterocycles. The minimum absolute atomic E-state index is 0.0137. The van der Waals surface area contributed by atoms with Gasteiger partial charge in [0.1, 0.15) is 5.82 Å². The number of allylic oxidation sites excluding steroid dienone is 1. The maximum absolute atomic E-state index is 13.6. The molecule has 0 fully saturated rings. The van der Waals surface area contributed by atoms with Crippen molar-refractivity contribution in [1.82, 2.24) is 9.55 Å². The maximum atomic E-state index is 13.6. The average molecular weight is 533 g/mol. The van der Waals surface area contributed by atoms with Gasteiger partial charge in [0.2, 0.25) is 0 Å². The Kier molecular flexibility index (Phi) is 7.41. The molecular weight excluding hydrogens is 509 g/mol. The summed E-state index contributed by atoms with van der Waals surface area (Å²) in [5, 5.41) is 0. The van der Waals surface area contributed by atoms with Gasteiger partial charge in [0, 0.05) is 11.8 Å². The molecule has 0 spiro atoms. The summed E-state index contributed by atoms with van der Waals surface area (Å²) in [6, 6.07) is 10.6. The molecule has 0 saturated carbocycles. The number of fused-ring (bicyclic) bond motifs is 3. The van der Waals surface area contributed by atoms with Gasteiger partial charge in [0.25, 0.3) is 15.6 Å². The highest BCUT2D eigenvalue weighted by molar-refractivity contribution is 7.93. The Morgan fingerprint density at radius 2 is 1.72 bits per heavy atom. The van der Waals surface area contributed by atoms with Gasteiger partial charge < -0.3 is 13.5 Å². The number of aromatic nitrogens is 2. The lowest BCUT2D eigenvalue weighted by Gasteiger charge is -2.29. The van der Waals surface area contributed by atoms with Crippen molar-refractivity contribution >= 4 is 23.3 Å². The zero-order chi connectivity index (χ0) is 25.9. The number of sulfonamides is 1. The number of hydrogen-bond donors (Lipinski definition) is 0. The van der Waals surface area contributed by atoms with Gasteiger partial charge in [-0.25, -0.2) is 18.2 Å². The Labute approximate surface area is 207 Å². The summed E-state index contributed by atoms with van der Waals surface area (Å²) in [5.74, 6) is -1.18. The van der Waals surface area contributed by atoms with Crippen LogP contribution in [-0.4, -0.2) is 43.9 Å². The fourth-order valence-electron chi connectivity index (χ4n) is 3.77. The molecule has 13 heteroatoms. The summed E-state index contributed by atoms with van der Waals surface area (Å²) >= 11 is 0. The van der Waals surface area contributed by atoms with Gasteiger partial charge in [-0.15, -0.1) is 0 Å². The molecule has 0 aliphatic carbocycles. The first-order chi connectivity index (χ1) is 17.2. The van der Waals surface area contributed by atoms with Crippen LogP contribution in [0.5, 0.6) is 0 Å². The van der Waals surface area contributed by atoms with Crippen molar-refractivity contribution < 1.29 is 26.4 Å². The zero-order valence-electron chi connectivity index (χ0n) is 19.6. The number of nitrogens with zero attached hydrogens (tertiary/aromatic N) is 3. The van der Waals surface area contributed by atoms with E-state index in [4.69, 9.17) is 13.5 Å². The van der Waals surface area contributed by atoms with Gasteiger partial charge >= 0.3 is 13.4 Å². The van der Waals surface area contributed by atoms with Crippen LogP contribution in [-0.2, 0) is 23.6 Å². The van der Waals surface area contributed by atoms with Gasteiger partial charge in [-0.3, -0.25) is 13.7 Å². The predicted molar refractivity (Wildman–Crippen MR) is 133 cm³/mol. The predicted octanol–water partition coefficient (Wildman–Crippen LogP) is 3.18. The molecule has 190 valence electrons. The van der Waals surface area contributed by atoms with Gasteiger partial charge in [-0.2, -0.15) is 4.57 Å². The Morgan fingerprint density at radius 3 is 2.39 bits per heavy atom. The molecule has 0 N–H and O–H groups in total. The molecule has 36 heavy (non-hydrogen) atoms. The van der Waals surface area contributed by atoms with Gasteiger partial charge in [-0.1, -0.05) is 30.4 Å². The highest BCUT2D eigenvalue weighted by atomic mass is 32.2. The summed E-state index contributed by atoms with van der Waals surface area (Å²) < 4.78 is 57.3. The molecule has 3 heterocycles. The van der Waals surface area contributed by atoms with E-state index in [1.165, 1.54) is 42.6 Å². The van der Waals surface area contributed by atoms with E-state index in [2.05, 4.69) is 4.98 Å². The number of rotatable bonds is 9. The van der Waals surface area contributed by atoms with Crippen LogP contribution in [0.3, 0.4) is 0 Å². The number of anilines is 1. The fourth-order valence-corrected chi connectivity index (χ4v) is 6.86. The zero-order valence-corrected chi connectivity index (χ0v) is 21.3. The van der Waals surface area contributed by atoms with E-state index in [0.717, 1.165) is 4.31 Å². The second kappa shape index (κ2) is 10.4. The van der Waals surface area contributed by atoms with Crippen molar-refractivity contribution in [2.45, 2.75) is 18.7 Å². The SMILES string of the molecule is CCOP(=O)(C/C=C/CN1c2c(oc(=O)n(-c3ccccn3)c2=O)-c2ccccc2S1(=O)=O)OCC. The van der Waals surface area contributed by atoms with Crippen LogP contribution in [0.4, 0.5) is 5.69 Å². The second-order valence-corrected chi connectivity index (χ2v) is 11.4. The van der Waals surface area contributed by atoms with E-state index in [-0.39, 0.29) is 53.6 Å². The number of pyridine rings is 1. The van der Waals surface area contributed by atoms with Crippen molar-refractivity contribution in [3.05, 3.63) is 81.7 Å². The van der Waals surface area contributed by atoms with Crippen LogP contribution < -0.4 is 15.6 Å². The largest absolute Gasteiger partial charge is 0.428 e. The molecule has 11 nitrogen and oxygen atoms in total. The molecule has 0 unspecified atom stereocenters. The van der Waals surface area contributed by atoms with Crippen LogP contribution in [0.1, 0.15) is 13.8 Å². The lowest BCUT2D eigenvalue weighted by atomic mass is 10.1. The van der Waals surface area contributed by atoms with Crippen molar-refractivity contribution in [2.75, 3.05) is 30.2 Å². The van der Waals surface area contributed by atoms with Crippen LogP contribution in [0.25, 0.3) is 17.1 Å². The lowest BCUT2D eigenvalue weighted by molar-refractivity contribution is 0.222. The van der Waals surface area contributed by atoms with E-state index in [1.807, 2.05) is 0 Å². The normalized spacial score (nSPS) is 14.6. The van der Waals surface area contributed by atoms with E-state index in [9.17, 15) is 22.6 Å². The Hall–Kier alpha value is -3.31. The molecule has 0 radical (unpaired) electrons. The standard InChI is InChI=1S/C23H24N3O8PS/c1-3-32-35(29,33-4-2)16-10-9-15-25-20-21(17-11-5-6-12-18(17)36(25,30)31)34-23(28)26(22(20)27)19-13-7-8-14-24-19/h5-14H,3-4,15-16H2,1-2H3/b10-9+. The summed E-state index contributed by atoms with van der Waals surface area (Å²) in [7, 11) is -7.61. The third-order valence-electron chi connectivity index (χ3n) is 5.24. The molecule has 1 aromatic carbocycles. The fraction of sp³-hybridized carbons (Fsp3) is 0.261. The van der Waals surface area contributed by atoms with Gasteiger partial charge in [0.15, 0.2) is 11.4 Å². The maximum Gasteiger partial charge on any atom is 0.428 e. The summed E-state index contributed by atoms with van der Waals surface area (Å²) in [4.78, 5) is 30.3. The Morgan fingerprint density at radius 1 is 1.03 bits per heavy atom. The monoisotopic (exact) mass is 533 g/mol. The van der Waals surface area contributed by atoms with Crippen LogP contribution in [0, 0.1) is 0 Å². The molecule has 1 aliphatic heterocycles. The Bertz CT molecular complexity index is 1550. The third-order valence-corrected chi connectivity index (χ3v) is 9.02. The quantitative estimate of drug-likeness (QED) is 0.300. The minimum atomic E-state index is -4.21. The minimum Gasteiger partial charge on any atom is -0.406 e. The summed E-state index contributed by atoms with van der Waals surface area (Å²) in [6.07, 6.45) is 4.21. The summed E-state index contributed by atoms with van der Waals surface area (Å²) in [6.45, 7) is 3.44. The van der Waals surface area contributed by atoms with Crippen LogP contribution >= 0.6 is 7.60 Å². The van der Waals surface area contributed by atoms with E-state index in [1.54, 1.807) is 32.0 Å². The first-order valence-electron chi connectivity index (χ1n) is 11.1. The molecule has 0 saturated heterocycles.